The molecule has 0 spiro atoms. The number of nitrogens with one attached hydrogen (secondary N) is 1. The zero-order chi connectivity index (χ0) is 16.9. The second-order valence-electron chi connectivity index (χ2n) is 5.04. The Kier molecular flexibility index (Phi) is 4.60. The van der Waals surface area contributed by atoms with Crippen molar-refractivity contribution in [2.24, 2.45) is 0 Å². The van der Waals surface area contributed by atoms with E-state index in [0.29, 0.717) is 22.6 Å². The summed E-state index contributed by atoms with van der Waals surface area (Å²) >= 11 is 0. The van der Waals surface area contributed by atoms with Crippen LogP contribution in [0.4, 0.5) is 4.39 Å². The fourth-order valence-corrected chi connectivity index (χ4v) is 2.13. The van der Waals surface area contributed by atoms with Gasteiger partial charge >= 0.3 is 5.97 Å². The topological polar surface area (TPSA) is 73.9 Å². The lowest BCUT2D eigenvalue weighted by Gasteiger charge is -2.07. The highest BCUT2D eigenvalue weighted by atomic mass is 19.1. The van der Waals surface area contributed by atoms with Gasteiger partial charge in [0.2, 0.25) is 6.79 Å². The molecule has 7 heteroatoms. The molecule has 0 bridgehead atoms. The first-order valence-electron chi connectivity index (χ1n) is 7.20. The Bertz CT molecular complexity index is 777. The Morgan fingerprint density at radius 1 is 1.12 bits per heavy atom. The maximum atomic E-state index is 13.0. The molecule has 1 N–H and O–H groups in total. The summed E-state index contributed by atoms with van der Waals surface area (Å²) in [6.45, 7) is -0.230. The van der Waals surface area contributed by atoms with E-state index in [1.165, 1.54) is 24.3 Å². The number of amides is 1. The van der Waals surface area contributed by atoms with Gasteiger partial charge in [0.15, 0.2) is 11.5 Å². The van der Waals surface area contributed by atoms with E-state index < -0.39 is 17.7 Å². The lowest BCUT2D eigenvalue weighted by Crippen LogP contribution is -2.30. The number of halogens is 1. The minimum atomic E-state index is -0.617. The van der Waals surface area contributed by atoms with Crippen molar-refractivity contribution in [2.45, 2.75) is 6.61 Å². The number of fused-ring (bicyclic) bond motifs is 1. The summed E-state index contributed by atoms with van der Waals surface area (Å²) in [6, 6.07) is 10.5. The molecule has 0 atom stereocenters. The predicted molar refractivity (Wildman–Crippen MR) is 81.1 cm³/mol. The molecular weight excluding hydrogens is 317 g/mol. The molecule has 1 heterocycles. The van der Waals surface area contributed by atoms with Crippen LogP contribution in [-0.4, -0.2) is 25.2 Å². The monoisotopic (exact) mass is 331 g/mol. The average Bonchev–Trinajstić information content (AvgIpc) is 3.05. The number of benzene rings is 2. The van der Waals surface area contributed by atoms with Crippen LogP contribution in [0.15, 0.2) is 42.5 Å². The minimum Gasteiger partial charge on any atom is -0.460 e. The molecule has 0 fully saturated rings. The quantitative estimate of drug-likeness (QED) is 0.849. The molecule has 6 nitrogen and oxygen atoms in total. The predicted octanol–water partition coefficient (Wildman–Crippen LogP) is 2.03. The van der Waals surface area contributed by atoms with Crippen LogP contribution in [0.2, 0.25) is 0 Å². The second-order valence-corrected chi connectivity index (χ2v) is 5.04. The number of ether oxygens (including phenoxy) is 3. The van der Waals surface area contributed by atoms with E-state index in [-0.39, 0.29) is 19.9 Å². The molecule has 24 heavy (non-hydrogen) atoms. The first kappa shape index (κ1) is 15.8. The number of hydrogen-bond acceptors (Lipinski definition) is 5. The van der Waals surface area contributed by atoms with Crippen LogP contribution in [0.3, 0.4) is 0 Å². The van der Waals surface area contributed by atoms with E-state index in [9.17, 15) is 14.0 Å². The van der Waals surface area contributed by atoms with Gasteiger partial charge in [0.25, 0.3) is 5.91 Å². The van der Waals surface area contributed by atoms with Gasteiger partial charge in [0.05, 0.1) is 0 Å². The van der Waals surface area contributed by atoms with Crippen LogP contribution >= 0.6 is 0 Å². The maximum absolute atomic E-state index is 13.0. The Morgan fingerprint density at radius 3 is 2.79 bits per heavy atom. The van der Waals surface area contributed by atoms with Gasteiger partial charge in [0, 0.05) is 5.56 Å². The van der Waals surface area contributed by atoms with Crippen molar-refractivity contribution in [1.82, 2.24) is 5.32 Å². The standard InChI is InChI=1S/C17H14FNO5/c18-13-3-1-2-11(6-13)9-22-16(20)8-19-17(21)12-4-5-14-15(7-12)24-10-23-14/h1-7H,8-10H2,(H,19,21). The molecule has 0 saturated carbocycles. The normalized spacial score (nSPS) is 11.9. The third-order valence-corrected chi connectivity index (χ3v) is 3.32. The lowest BCUT2D eigenvalue weighted by molar-refractivity contribution is -0.143. The van der Waals surface area contributed by atoms with Crippen molar-refractivity contribution < 1.29 is 28.2 Å². The number of hydrogen-bond donors (Lipinski definition) is 1. The highest BCUT2D eigenvalue weighted by Crippen LogP contribution is 2.32. The number of carbonyl (C=O) groups is 2. The van der Waals surface area contributed by atoms with Crippen molar-refractivity contribution in [3.05, 3.63) is 59.4 Å². The Balaban J connectivity index is 1.48. The molecule has 1 aliphatic rings. The highest BCUT2D eigenvalue weighted by molar-refractivity contribution is 5.96. The molecule has 0 aromatic heterocycles. The van der Waals surface area contributed by atoms with Crippen molar-refractivity contribution in [1.29, 1.82) is 0 Å². The van der Waals surface area contributed by atoms with Gasteiger partial charge in [-0.1, -0.05) is 12.1 Å². The summed E-state index contributed by atoms with van der Waals surface area (Å²) in [5.74, 6) is -0.401. The average molecular weight is 331 g/mol. The van der Waals surface area contributed by atoms with Gasteiger partial charge < -0.3 is 19.5 Å². The van der Waals surface area contributed by atoms with Crippen LogP contribution in [-0.2, 0) is 16.1 Å². The van der Waals surface area contributed by atoms with E-state index >= 15 is 0 Å². The Hall–Kier alpha value is -3.09. The third kappa shape index (κ3) is 3.81. The summed E-state index contributed by atoms with van der Waals surface area (Å²) < 4.78 is 28.3. The molecule has 0 radical (unpaired) electrons. The third-order valence-electron chi connectivity index (χ3n) is 3.32. The van der Waals surface area contributed by atoms with E-state index in [1.807, 2.05) is 0 Å². The van der Waals surface area contributed by atoms with Crippen LogP contribution in [0.1, 0.15) is 15.9 Å². The molecule has 2 aromatic carbocycles. The molecule has 0 unspecified atom stereocenters. The van der Waals surface area contributed by atoms with Crippen molar-refractivity contribution in [2.75, 3.05) is 13.3 Å². The number of rotatable bonds is 5. The molecule has 0 aliphatic carbocycles. The highest BCUT2D eigenvalue weighted by Gasteiger charge is 2.16. The van der Waals surface area contributed by atoms with Crippen LogP contribution < -0.4 is 14.8 Å². The first-order valence-corrected chi connectivity index (χ1v) is 7.20. The molecular formula is C17H14FNO5. The van der Waals surface area contributed by atoms with Gasteiger partial charge in [-0.05, 0) is 35.9 Å². The Labute approximate surface area is 137 Å². The summed E-state index contributed by atoms with van der Waals surface area (Å²) in [5, 5.41) is 2.45. The molecule has 0 saturated heterocycles. The fourth-order valence-electron chi connectivity index (χ4n) is 2.13. The SMILES string of the molecule is O=C(CNC(=O)c1ccc2c(c1)OCO2)OCc1cccc(F)c1. The van der Waals surface area contributed by atoms with Crippen molar-refractivity contribution in [3.63, 3.8) is 0 Å². The zero-order valence-electron chi connectivity index (χ0n) is 12.6. The lowest BCUT2D eigenvalue weighted by atomic mass is 10.2. The van der Waals surface area contributed by atoms with Gasteiger partial charge in [0.1, 0.15) is 19.0 Å². The van der Waals surface area contributed by atoms with Gasteiger partial charge in [-0.25, -0.2) is 4.39 Å². The smallest absolute Gasteiger partial charge is 0.325 e. The van der Waals surface area contributed by atoms with Gasteiger partial charge in [-0.3, -0.25) is 9.59 Å². The molecule has 1 amide bonds. The van der Waals surface area contributed by atoms with Crippen molar-refractivity contribution in [3.8, 4) is 11.5 Å². The fraction of sp³-hybridized carbons (Fsp3) is 0.176. The summed E-state index contributed by atoms with van der Waals surface area (Å²) in [5.41, 5.74) is 0.877. The largest absolute Gasteiger partial charge is 0.460 e. The Morgan fingerprint density at radius 2 is 1.96 bits per heavy atom. The van der Waals surface area contributed by atoms with E-state index in [0.717, 1.165) is 0 Å². The van der Waals surface area contributed by atoms with Crippen LogP contribution in [0, 0.1) is 5.82 Å². The molecule has 1 aliphatic heterocycles. The van der Waals surface area contributed by atoms with Crippen LogP contribution in [0.5, 0.6) is 11.5 Å². The minimum absolute atomic E-state index is 0.0590. The van der Waals surface area contributed by atoms with Gasteiger partial charge in [-0.15, -0.1) is 0 Å². The first-order chi connectivity index (χ1) is 11.6. The summed E-state index contributed by atoms with van der Waals surface area (Å²) in [4.78, 5) is 23.7. The van der Waals surface area contributed by atoms with E-state index in [1.54, 1.807) is 18.2 Å². The molecule has 3 rings (SSSR count). The molecule has 2 aromatic rings. The summed E-state index contributed by atoms with van der Waals surface area (Å²) in [7, 11) is 0. The number of esters is 1. The number of carbonyl (C=O) groups excluding carboxylic acids is 2. The second kappa shape index (κ2) is 6.99. The maximum Gasteiger partial charge on any atom is 0.325 e. The molecule has 124 valence electrons. The van der Waals surface area contributed by atoms with E-state index in [2.05, 4.69) is 5.32 Å². The van der Waals surface area contributed by atoms with E-state index in [4.69, 9.17) is 14.2 Å². The summed E-state index contributed by atoms with van der Waals surface area (Å²) in [6.07, 6.45) is 0. The van der Waals surface area contributed by atoms with Gasteiger partial charge in [-0.2, -0.15) is 0 Å². The zero-order valence-corrected chi connectivity index (χ0v) is 12.6. The van der Waals surface area contributed by atoms with Crippen molar-refractivity contribution >= 4 is 11.9 Å². The van der Waals surface area contributed by atoms with Crippen LogP contribution in [0.25, 0.3) is 0 Å².